The number of rotatable bonds is 6. The third-order valence-electron chi connectivity index (χ3n) is 5.13. The van der Waals surface area contributed by atoms with Gasteiger partial charge in [0.25, 0.3) is 5.91 Å². The highest BCUT2D eigenvalue weighted by molar-refractivity contribution is 6.03. The van der Waals surface area contributed by atoms with E-state index in [1.165, 1.54) is 0 Å². The predicted octanol–water partition coefficient (Wildman–Crippen LogP) is 2.79. The normalized spacial score (nSPS) is 15.0. The average molecular weight is 379 g/mol. The van der Waals surface area contributed by atoms with Gasteiger partial charge in [0.15, 0.2) is 0 Å². The fourth-order valence-electron chi connectivity index (χ4n) is 3.35. The zero-order valence-corrected chi connectivity index (χ0v) is 16.0. The first-order valence-electron chi connectivity index (χ1n) is 9.57. The molecule has 0 bridgehead atoms. The fraction of sp³-hybridized carbons (Fsp3) is 0.333. The lowest BCUT2D eigenvalue weighted by atomic mass is 10.1. The van der Waals surface area contributed by atoms with Gasteiger partial charge < -0.3 is 19.5 Å². The van der Waals surface area contributed by atoms with Gasteiger partial charge in [0, 0.05) is 43.5 Å². The molecule has 146 valence electrons. The number of benzene rings is 1. The molecule has 2 N–H and O–H groups in total. The fourth-order valence-corrected chi connectivity index (χ4v) is 3.35. The van der Waals surface area contributed by atoms with Crippen LogP contribution in [-0.4, -0.2) is 54.2 Å². The molecule has 4 rings (SSSR count). The van der Waals surface area contributed by atoms with E-state index in [9.17, 15) is 4.79 Å². The molecule has 0 radical (unpaired) electrons. The number of carbonyl (C=O) groups is 1. The van der Waals surface area contributed by atoms with E-state index in [2.05, 4.69) is 32.4 Å². The van der Waals surface area contributed by atoms with Crippen LogP contribution in [-0.2, 0) is 12.8 Å². The molecule has 28 heavy (non-hydrogen) atoms. The second-order valence-corrected chi connectivity index (χ2v) is 7.20. The standard InChI is InChI=1S/C21H25N5O2/c1-25-9-11-26(12-10-25)19-6-3-17(4-7-19)21(27)22-20-14-18(23-24-20)5-2-16-8-13-28-15-16/h3-4,6-8,13-15H,2,5,9-12H2,1H3,(H2,22,23,24,27). The highest BCUT2D eigenvalue weighted by atomic mass is 16.3. The van der Waals surface area contributed by atoms with Crippen LogP contribution >= 0.6 is 0 Å². The van der Waals surface area contributed by atoms with Crippen molar-refractivity contribution in [3.05, 3.63) is 65.7 Å². The van der Waals surface area contributed by atoms with Gasteiger partial charge in [0.2, 0.25) is 0 Å². The predicted molar refractivity (Wildman–Crippen MR) is 109 cm³/mol. The molecule has 0 aliphatic carbocycles. The zero-order chi connectivity index (χ0) is 19.3. The summed E-state index contributed by atoms with van der Waals surface area (Å²) in [4.78, 5) is 17.2. The van der Waals surface area contributed by atoms with E-state index in [1.807, 2.05) is 36.4 Å². The first-order valence-corrected chi connectivity index (χ1v) is 9.57. The minimum absolute atomic E-state index is 0.144. The Hall–Kier alpha value is -3.06. The van der Waals surface area contributed by atoms with Crippen molar-refractivity contribution in [2.24, 2.45) is 0 Å². The van der Waals surface area contributed by atoms with Crippen LogP contribution in [0, 0.1) is 0 Å². The van der Waals surface area contributed by atoms with E-state index in [-0.39, 0.29) is 5.91 Å². The van der Waals surface area contributed by atoms with Crippen molar-refractivity contribution in [1.29, 1.82) is 0 Å². The summed E-state index contributed by atoms with van der Waals surface area (Å²) in [5, 5.41) is 10.0. The second-order valence-electron chi connectivity index (χ2n) is 7.20. The Labute approximate surface area is 164 Å². The summed E-state index contributed by atoms with van der Waals surface area (Å²) in [6, 6.07) is 11.6. The topological polar surface area (TPSA) is 77.4 Å². The zero-order valence-electron chi connectivity index (χ0n) is 16.0. The molecule has 3 aromatic rings. The maximum atomic E-state index is 12.5. The molecule has 0 spiro atoms. The highest BCUT2D eigenvalue weighted by Gasteiger charge is 2.15. The van der Waals surface area contributed by atoms with E-state index in [4.69, 9.17) is 4.42 Å². The monoisotopic (exact) mass is 379 g/mol. The van der Waals surface area contributed by atoms with Crippen molar-refractivity contribution in [2.75, 3.05) is 43.4 Å². The summed E-state index contributed by atoms with van der Waals surface area (Å²) in [6.45, 7) is 4.14. The Morgan fingerprint density at radius 2 is 1.93 bits per heavy atom. The third kappa shape index (κ3) is 4.43. The summed E-state index contributed by atoms with van der Waals surface area (Å²) in [6.07, 6.45) is 5.04. The van der Waals surface area contributed by atoms with Gasteiger partial charge in [-0.2, -0.15) is 5.10 Å². The Morgan fingerprint density at radius 1 is 1.14 bits per heavy atom. The van der Waals surface area contributed by atoms with Gasteiger partial charge in [-0.25, -0.2) is 0 Å². The number of anilines is 2. The van der Waals surface area contributed by atoms with Crippen molar-refractivity contribution in [3.63, 3.8) is 0 Å². The van der Waals surface area contributed by atoms with E-state index < -0.39 is 0 Å². The SMILES string of the molecule is CN1CCN(c2ccc(C(=O)Nc3cc(CCc4ccoc4)n[nH]3)cc2)CC1. The lowest BCUT2D eigenvalue weighted by Gasteiger charge is -2.34. The molecule has 0 saturated carbocycles. The molecule has 1 saturated heterocycles. The number of nitrogens with zero attached hydrogens (tertiary/aromatic N) is 3. The Kier molecular flexibility index (Phi) is 5.43. The molecule has 0 atom stereocenters. The maximum absolute atomic E-state index is 12.5. The van der Waals surface area contributed by atoms with Crippen LogP contribution in [0.15, 0.2) is 53.3 Å². The molecule has 7 heteroatoms. The number of H-pyrrole nitrogens is 1. The molecule has 1 fully saturated rings. The van der Waals surface area contributed by atoms with Crippen LogP contribution in [0.1, 0.15) is 21.6 Å². The number of aromatic nitrogens is 2. The van der Waals surface area contributed by atoms with E-state index in [0.29, 0.717) is 11.4 Å². The van der Waals surface area contributed by atoms with Crippen LogP contribution in [0.2, 0.25) is 0 Å². The number of hydrogen-bond acceptors (Lipinski definition) is 5. The Morgan fingerprint density at radius 3 is 2.64 bits per heavy atom. The quantitative estimate of drug-likeness (QED) is 0.689. The van der Waals surface area contributed by atoms with Crippen LogP contribution in [0.3, 0.4) is 0 Å². The van der Waals surface area contributed by atoms with Crippen molar-refractivity contribution >= 4 is 17.4 Å². The number of aromatic amines is 1. The number of aryl methyl sites for hydroxylation is 2. The number of furan rings is 1. The van der Waals surface area contributed by atoms with E-state index in [0.717, 1.165) is 56.0 Å². The second kappa shape index (κ2) is 8.31. The molecule has 1 amide bonds. The van der Waals surface area contributed by atoms with Crippen molar-refractivity contribution in [3.8, 4) is 0 Å². The van der Waals surface area contributed by atoms with Gasteiger partial charge in [-0.1, -0.05) is 0 Å². The molecule has 1 aliphatic heterocycles. The number of likely N-dealkylation sites (N-methyl/N-ethyl adjacent to an activating group) is 1. The minimum atomic E-state index is -0.144. The Bertz CT molecular complexity index is 893. The molecule has 1 aromatic carbocycles. The molecule has 2 aromatic heterocycles. The molecule has 0 unspecified atom stereocenters. The van der Waals surface area contributed by atoms with Gasteiger partial charge in [-0.3, -0.25) is 9.89 Å². The maximum Gasteiger partial charge on any atom is 0.256 e. The lowest BCUT2D eigenvalue weighted by molar-refractivity contribution is 0.102. The van der Waals surface area contributed by atoms with Crippen LogP contribution in [0.25, 0.3) is 0 Å². The summed E-state index contributed by atoms with van der Waals surface area (Å²) >= 11 is 0. The number of amides is 1. The minimum Gasteiger partial charge on any atom is -0.472 e. The number of piperazine rings is 1. The Balaban J connectivity index is 1.32. The first kappa shape index (κ1) is 18.3. The van der Waals surface area contributed by atoms with Gasteiger partial charge in [-0.05, 0) is 55.8 Å². The van der Waals surface area contributed by atoms with Crippen LogP contribution in [0.5, 0.6) is 0 Å². The smallest absolute Gasteiger partial charge is 0.256 e. The van der Waals surface area contributed by atoms with Crippen LogP contribution in [0.4, 0.5) is 11.5 Å². The summed E-state index contributed by atoms with van der Waals surface area (Å²) in [5.41, 5.74) is 3.83. The average Bonchev–Trinajstić information content (AvgIpc) is 3.39. The van der Waals surface area contributed by atoms with Gasteiger partial charge in [0.05, 0.1) is 18.2 Å². The molecular formula is C21H25N5O2. The molecule has 1 aliphatic rings. The van der Waals surface area contributed by atoms with Gasteiger partial charge in [-0.15, -0.1) is 0 Å². The molecule has 3 heterocycles. The number of hydrogen-bond donors (Lipinski definition) is 2. The molecular weight excluding hydrogens is 354 g/mol. The summed E-state index contributed by atoms with van der Waals surface area (Å²) in [5.74, 6) is 0.463. The molecule has 7 nitrogen and oxygen atoms in total. The van der Waals surface area contributed by atoms with Crippen LogP contribution < -0.4 is 10.2 Å². The first-order chi connectivity index (χ1) is 13.7. The third-order valence-corrected chi connectivity index (χ3v) is 5.13. The van der Waals surface area contributed by atoms with E-state index in [1.54, 1.807) is 12.5 Å². The van der Waals surface area contributed by atoms with Crippen molar-refractivity contribution < 1.29 is 9.21 Å². The van der Waals surface area contributed by atoms with Crippen molar-refractivity contribution in [2.45, 2.75) is 12.8 Å². The number of carbonyl (C=O) groups excluding carboxylic acids is 1. The highest BCUT2D eigenvalue weighted by Crippen LogP contribution is 2.18. The largest absolute Gasteiger partial charge is 0.472 e. The van der Waals surface area contributed by atoms with Crippen molar-refractivity contribution in [1.82, 2.24) is 15.1 Å². The number of nitrogens with one attached hydrogen (secondary N) is 2. The van der Waals surface area contributed by atoms with Gasteiger partial charge >= 0.3 is 0 Å². The van der Waals surface area contributed by atoms with E-state index >= 15 is 0 Å². The van der Waals surface area contributed by atoms with Gasteiger partial charge in [0.1, 0.15) is 5.82 Å². The lowest BCUT2D eigenvalue weighted by Crippen LogP contribution is -2.44. The summed E-state index contributed by atoms with van der Waals surface area (Å²) < 4.78 is 5.07. The summed E-state index contributed by atoms with van der Waals surface area (Å²) in [7, 11) is 2.14.